The van der Waals surface area contributed by atoms with Gasteiger partial charge >= 0.3 is 0 Å². The fourth-order valence-electron chi connectivity index (χ4n) is 2.52. The minimum absolute atomic E-state index is 0.327. The van der Waals surface area contributed by atoms with E-state index < -0.39 is 0 Å². The zero-order valence-corrected chi connectivity index (χ0v) is 10.8. The first-order chi connectivity index (χ1) is 8.74. The molecule has 1 aromatic rings. The fraction of sp³-hybridized carbons (Fsp3) is 0.750. The lowest BCUT2D eigenvalue weighted by Crippen LogP contribution is -2.38. The highest BCUT2D eigenvalue weighted by atomic mass is 15.4. The Bertz CT molecular complexity index is 425. The molecule has 6 heteroatoms. The van der Waals surface area contributed by atoms with Crippen molar-refractivity contribution < 1.29 is 0 Å². The maximum atomic E-state index is 5.81. The molecule has 2 aliphatic rings. The predicted octanol–water partition coefficient (Wildman–Crippen LogP) is 1.04. The Morgan fingerprint density at radius 2 is 1.83 bits per heavy atom. The fourth-order valence-corrected chi connectivity index (χ4v) is 2.52. The van der Waals surface area contributed by atoms with Gasteiger partial charge < -0.3 is 15.5 Å². The summed E-state index contributed by atoms with van der Waals surface area (Å²) in [7, 11) is 2.05. The Balaban J connectivity index is 1.84. The topological polar surface area (TPSA) is 71.2 Å². The van der Waals surface area contributed by atoms with Crippen LogP contribution in [0.5, 0.6) is 0 Å². The molecule has 0 radical (unpaired) electrons. The average molecular weight is 248 g/mol. The van der Waals surface area contributed by atoms with Gasteiger partial charge in [0, 0.05) is 26.2 Å². The van der Waals surface area contributed by atoms with Crippen molar-refractivity contribution in [1.82, 2.24) is 15.0 Å². The van der Waals surface area contributed by atoms with Gasteiger partial charge in [0.1, 0.15) is 0 Å². The summed E-state index contributed by atoms with van der Waals surface area (Å²) in [5.74, 6) is 1.78. The van der Waals surface area contributed by atoms with E-state index in [1.165, 1.54) is 32.1 Å². The summed E-state index contributed by atoms with van der Waals surface area (Å²) < 4.78 is 0. The van der Waals surface area contributed by atoms with E-state index in [1.54, 1.807) is 0 Å². The van der Waals surface area contributed by atoms with E-state index in [0.29, 0.717) is 17.9 Å². The monoisotopic (exact) mass is 248 g/mol. The molecule has 1 aliphatic heterocycles. The van der Waals surface area contributed by atoms with Crippen molar-refractivity contribution in [2.24, 2.45) is 0 Å². The largest absolute Gasteiger partial charge is 0.368 e. The van der Waals surface area contributed by atoms with Crippen molar-refractivity contribution in [3.8, 4) is 0 Å². The highest BCUT2D eigenvalue weighted by molar-refractivity contribution is 5.44. The van der Waals surface area contributed by atoms with Gasteiger partial charge in [-0.25, -0.2) is 0 Å². The summed E-state index contributed by atoms with van der Waals surface area (Å²) in [5, 5.41) is 0. The minimum Gasteiger partial charge on any atom is -0.368 e. The first-order valence-corrected chi connectivity index (χ1v) is 6.73. The third-order valence-corrected chi connectivity index (χ3v) is 3.96. The number of nitrogens with two attached hydrogens (primary N) is 1. The third kappa shape index (κ3) is 2.07. The molecule has 2 N–H and O–H groups in total. The maximum absolute atomic E-state index is 5.81. The van der Waals surface area contributed by atoms with Crippen LogP contribution in [-0.2, 0) is 0 Å². The Morgan fingerprint density at radius 1 is 1.11 bits per heavy atom. The quantitative estimate of drug-likeness (QED) is 0.862. The normalized spacial score (nSPS) is 19.9. The summed E-state index contributed by atoms with van der Waals surface area (Å²) in [4.78, 5) is 17.4. The van der Waals surface area contributed by atoms with Crippen molar-refractivity contribution in [1.29, 1.82) is 0 Å². The lowest BCUT2D eigenvalue weighted by Gasteiger charge is -2.34. The molecule has 0 unspecified atom stereocenters. The van der Waals surface area contributed by atoms with Crippen LogP contribution in [0.15, 0.2) is 0 Å². The number of nitrogens with zero attached hydrogens (tertiary/aromatic N) is 5. The van der Waals surface area contributed by atoms with Gasteiger partial charge in [-0.1, -0.05) is 0 Å². The molecule has 18 heavy (non-hydrogen) atoms. The van der Waals surface area contributed by atoms with Crippen LogP contribution in [0.4, 0.5) is 17.8 Å². The molecule has 0 atom stereocenters. The van der Waals surface area contributed by atoms with Gasteiger partial charge in [0.25, 0.3) is 0 Å². The van der Waals surface area contributed by atoms with Crippen LogP contribution >= 0.6 is 0 Å². The van der Waals surface area contributed by atoms with Crippen LogP contribution in [0.25, 0.3) is 0 Å². The minimum atomic E-state index is 0.327. The number of anilines is 3. The molecule has 1 aliphatic carbocycles. The number of nitrogen functional groups attached to an aromatic ring is 1. The van der Waals surface area contributed by atoms with Crippen LogP contribution in [0.3, 0.4) is 0 Å². The van der Waals surface area contributed by atoms with Gasteiger partial charge in [-0.3, -0.25) is 0 Å². The number of rotatable bonds is 3. The van der Waals surface area contributed by atoms with Gasteiger partial charge in [-0.2, -0.15) is 15.0 Å². The molecule has 0 amide bonds. The SMILES string of the molecule is CN(c1nc(N)nc(N2CCCC2)n1)C1CCC1. The van der Waals surface area contributed by atoms with Gasteiger partial charge in [-0.05, 0) is 32.1 Å². The maximum Gasteiger partial charge on any atom is 0.231 e. The molecule has 1 aromatic heterocycles. The van der Waals surface area contributed by atoms with Gasteiger partial charge in [0.2, 0.25) is 17.8 Å². The van der Waals surface area contributed by atoms with E-state index in [0.717, 1.165) is 19.0 Å². The van der Waals surface area contributed by atoms with E-state index in [-0.39, 0.29) is 0 Å². The zero-order chi connectivity index (χ0) is 12.5. The highest BCUT2D eigenvalue weighted by Crippen LogP contribution is 2.27. The Labute approximate surface area is 107 Å². The smallest absolute Gasteiger partial charge is 0.231 e. The molecule has 6 nitrogen and oxygen atoms in total. The Hall–Kier alpha value is -1.59. The summed E-state index contributed by atoms with van der Waals surface area (Å²) in [6.07, 6.45) is 6.16. The lowest BCUT2D eigenvalue weighted by atomic mass is 9.92. The zero-order valence-electron chi connectivity index (χ0n) is 10.8. The Morgan fingerprint density at radius 3 is 2.44 bits per heavy atom. The van der Waals surface area contributed by atoms with Crippen molar-refractivity contribution in [2.75, 3.05) is 35.7 Å². The van der Waals surface area contributed by atoms with E-state index in [2.05, 4.69) is 24.8 Å². The number of hydrogen-bond donors (Lipinski definition) is 1. The predicted molar refractivity (Wildman–Crippen MR) is 71.7 cm³/mol. The molecule has 1 saturated carbocycles. The first kappa shape index (κ1) is 11.5. The second-order valence-electron chi connectivity index (χ2n) is 5.18. The average Bonchev–Trinajstić information content (AvgIpc) is 2.79. The molecular formula is C12H20N6. The van der Waals surface area contributed by atoms with Gasteiger partial charge in [0.05, 0.1) is 0 Å². The van der Waals surface area contributed by atoms with Crippen molar-refractivity contribution in [2.45, 2.75) is 38.1 Å². The van der Waals surface area contributed by atoms with Crippen LogP contribution in [0.1, 0.15) is 32.1 Å². The summed E-state index contributed by atoms with van der Waals surface area (Å²) in [6, 6.07) is 0.568. The summed E-state index contributed by atoms with van der Waals surface area (Å²) >= 11 is 0. The van der Waals surface area contributed by atoms with Crippen LogP contribution in [-0.4, -0.2) is 41.1 Å². The van der Waals surface area contributed by atoms with Crippen molar-refractivity contribution in [3.63, 3.8) is 0 Å². The third-order valence-electron chi connectivity index (χ3n) is 3.96. The second kappa shape index (κ2) is 4.59. The lowest BCUT2D eigenvalue weighted by molar-refractivity contribution is 0.397. The second-order valence-corrected chi connectivity index (χ2v) is 5.18. The molecule has 3 rings (SSSR count). The molecule has 2 fully saturated rings. The molecular weight excluding hydrogens is 228 g/mol. The molecule has 0 spiro atoms. The van der Waals surface area contributed by atoms with Crippen LogP contribution in [0, 0.1) is 0 Å². The molecule has 0 aromatic carbocycles. The number of aromatic nitrogens is 3. The standard InChI is InChI=1S/C12H20N6/c1-17(9-5-4-6-9)11-14-10(13)15-12(16-11)18-7-2-3-8-18/h9H,2-8H2,1H3,(H2,13,14,15,16). The molecule has 2 heterocycles. The van der Waals surface area contributed by atoms with E-state index in [4.69, 9.17) is 5.73 Å². The Kier molecular flexibility index (Phi) is 2.93. The van der Waals surface area contributed by atoms with E-state index >= 15 is 0 Å². The summed E-state index contributed by atoms with van der Waals surface area (Å²) in [6.45, 7) is 2.05. The van der Waals surface area contributed by atoms with Crippen molar-refractivity contribution in [3.05, 3.63) is 0 Å². The van der Waals surface area contributed by atoms with E-state index in [1.807, 2.05) is 7.05 Å². The highest BCUT2D eigenvalue weighted by Gasteiger charge is 2.25. The molecule has 98 valence electrons. The molecule has 1 saturated heterocycles. The van der Waals surface area contributed by atoms with Crippen LogP contribution < -0.4 is 15.5 Å². The molecule has 0 bridgehead atoms. The van der Waals surface area contributed by atoms with Gasteiger partial charge in [-0.15, -0.1) is 0 Å². The first-order valence-electron chi connectivity index (χ1n) is 6.73. The van der Waals surface area contributed by atoms with Crippen LogP contribution in [0.2, 0.25) is 0 Å². The number of hydrogen-bond acceptors (Lipinski definition) is 6. The van der Waals surface area contributed by atoms with E-state index in [9.17, 15) is 0 Å². The van der Waals surface area contributed by atoms with Crippen molar-refractivity contribution >= 4 is 17.8 Å². The van der Waals surface area contributed by atoms with Gasteiger partial charge in [0.15, 0.2) is 0 Å². The summed E-state index contributed by atoms with van der Waals surface area (Å²) in [5.41, 5.74) is 5.81.